The summed E-state index contributed by atoms with van der Waals surface area (Å²) >= 11 is 6.06. The van der Waals surface area contributed by atoms with Gasteiger partial charge in [0, 0.05) is 54.8 Å². The number of nitrogens with one attached hydrogen (secondary N) is 1. The lowest BCUT2D eigenvalue weighted by molar-refractivity contribution is -0.130. The Morgan fingerprint density at radius 2 is 1.73 bits per heavy atom. The topological polar surface area (TPSA) is 70.5 Å². The van der Waals surface area contributed by atoms with Gasteiger partial charge in [-0.1, -0.05) is 17.7 Å². The van der Waals surface area contributed by atoms with Crippen molar-refractivity contribution in [2.75, 3.05) is 37.6 Å². The highest BCUT2D eigenvalue weighted by Gasteiger charge is 2.21. The van der Waals surface area contributed by atoms with Crippen molar-refractivity contribution in [1.82, 2.24) is 20.0 Å². The van der Waals surface area contributed by atoms with Crippen LogP contribution in [0.4, 0.5) is 5.69 Å². The third kappa shape index (κ3) is 4.63. The highest BCUT2D eigenvalue weighted by Crippen LogP contribution is 2.20. The lowest BCUT2D eigenvalue weighted by atomic mass is 10.2. The van der Waals surface area contributed by atoms with E-state index in [1.165, 1.54) is 0 Å². The minimum atomic E-state index is -0.270. The van der Waals surface area contributed by atoms with Gasteiger partial charge in [-0.3, -0.25) is 9.59 Å². The fourth-order valence-corrected chi connectivity index (χ4v) is 3.63. The molecule has 1 aliphatic rings. The summed E-state index contributed by atoms with van der Waals surface area (Å²) in [4.78, 5) is 28.9. The Labute approximate surface area is 179 Å². The molecule has 0 radical (unpaired) electrons. The van der Waals surface area contributed by atoms with Gasteiger partial charge < -0.3 is 15.1 Å². The van der Waals surface area contributed by atoms with E-state index in [1.807, 2.05) is 48.7 Å². The summed E-state index contributed by atoms with van der Waals surface area (Å²) in [5, 5.41) is 7.57. The number of carbonyl (C=O) groups excluding carboxylic acids is 2. The molecule has 1 aromatic heterocycles. The van der Waals surface area contributed by atoms with Gasteiger partial charge >= 0.3 is 0 Å². The van der Waals surface area contributed by atoms with Crippen LogP contribution in [0.15, 0.2) is 67.0 Å². The van der Waals surface area contributed by atoms with Gasteiger partial charge in [-0.2, -0.15) is 5.10 Å². The lowest BCUT2D eigenvalue weighted by Gasteiger charge is -2.36. The molecule has 1 aliphatic heterocycles. The van der Waals surface area contributed by atoms with Crippen LogP contribution in [0.2, 0.25) is 5.02 Å². The molecule has 30 heavy (non-hydrogen) atoms. The van der Waals surface area contributed by atoms with Crippen molar-refractivity contribution in [3.05, 3.63) is 77.6 Å². The van der Waals surface area contributed by atoms with E-state index in [-0.39, 0.29) is 18.4 Å². The largest absolute Gasteiger partial charge is 0.368 e. The zero-order chi connectivity index (χ0) is 20.9. The van der Waals surface area contributed by atoms with Crippen molar-refractivity contribution in [3.8, 4) is 5.69 Å². The first-order valence-electron chi connectivity index (χ1n) is 9.77. The summed E-state index contributed by atoms with van der Waals surface area (Å²) in [6, 6.07) is 16.6. The molecule has 154 valence electrons. The fourth-order valence-electron chi connectivity index (χ4n) is 3.44. The molecule has 4 rings (SSSR count). The quantitative estimate of drug-likeness (QED) is 0.684. The minimum absolute atomic E-state index is 0.0170. The maximum Gasteiger partial charge on any atom is 0.251 e. The van der Waals surface area contributed by atoms with E-state index in [4.69, 9.17) is 11.6 Å². The molecule has 0 unspecified atom stereocenters. The molecule has 0 saturated carbocycles. The smallest absolute Gasteiger partial charge is 0.251 e. The number of rotatable bonds is 5. The maximum absolute atomic E-state index is 12.5. The Hall–Kier alpha value is -3.32. The second-order valence-corrected chi connectivity index (χ2v) is 7.46. The highest BCUT2D eigenvalue weighted by atomic mass is 35.5. The van der Waals surface area contributed by atoms with Crippen molar-refractivity contribution in [3.63, 3.8) is 0 Å². The first-order chi connectivity index (χ1) is 14.6. The summed E-state index contributed by atoms with van der Waals surface area (Å²) in [5.41, 5.74) is 2.43. The molecule has 2 heterocycles. The summed E-state index contributed by atoms with van der Waals surface area (Å²) in [6.07, 6.45) is 3.53. The second-order valence-electron chi connectivity index (χ2n) is 7.03. The average molecular weight is 424 g/mol. The van der Waals surface area contributed by atoms with Crippen LogP contribution in [0.5, 0.6) is 0 Å². The zero-order valence-electron chi connectivity index (χ0n) is 16.4. The molecule has 0 bridgehead atoms. The van der Waals surface area contributed by atoms with E-state index >= 15 is 0 Å². The van der Waals surface area contributed by atoms with Gasteiger partial charge in [0.1, 0.15) is 0 Å². The van der Waals surface area contributed by atoms with E-state index < -0.39 is 0 Å². The monoisotopic (exact) mass is 423 g/mol. The number of aromatic nitrogens is 2. The normalized spacial score (nSPS) is 13.9. The molecule has 0 spiro atoms. The number of amides is 2. The first-order valence-corrected chi connectivity index (χ1v) is 10.1. The minimum Gasteiger partial charge on any atom is -0.368 e. The van der Waals surface area contributed by atoms with E-state index in [9.17, 15) is 9.59 Å². The Balaban J connectivity index is 1.26. The number of carbonyl (C=O) groups is 2. The van der Waals surface area contributed by atoms with Gasteiger partial charge in [0.15, 0.2) is 0 Å². The number of hydrogen-bond donors (Lipinski definition) is 1. The maximum atomic E-state index is 12.5. The van der Waals surface area contributed by atoms with Crippen LogP contribution in [-0.2, 0) is 4.79 Å². The SMILES string of the molecule is O=C(NCC(=O)N1CCN(c2cccc(Cl)c2)CC1)c1ccc(-n2cccn2)cc1. The second kappa shape index (κ2) is 9.00. The Morgan fingerprint density at radius 3 is 2.40 bits per heavy atom. The van der Waals surface area contributed by atoms with Gasteiger partial charge in [0.05, 0.1) is 12.2 Å². The first kappa shape index (κ1) is 20.0. The molecule has 2 aromatic carbocycles. The number of anilines is 1. The molecule has 3 aromatic rings. The number of nitrogens with zero attached hydrogens (tertiary/aromatic N) is 4. The molecular formula is C22H22ClN5O2. The molecule has 8 heteroatoms. The number of piperazine rings is 1. The Bertz CT molecular complexity index is 1010. The van der Waals surface area contributed by atoms with Gasteiger partial charge in [-0.15, -0.1) is 0 Å². The predicted octanol–water partition coefficient (Wildman–Crippen LogP) is 2.60. The van der Waals surface area contributed by atoms with Crippen molar-refractivity contribution in [1.29, 1.82) is 0 Å². The van der Waals surface area contributed by atoms with Gasteiger partial charge in [-0.25, -0.2) is 4.68 Å². The molecule has 1 saturated heterocycles. The molecule has 0 atom stereocenters. The highest BCUT2D eigenvalue weighted by molar-refractivity contribution is 6.30. The van der Waals surface area contributed by atoms with Crippen LogP contribution >= 0.6 is 11.6 Å². The van der Waals surface area contributed by atoms with Crippen LogP contribution in [0, 0.1) is 0 Å². The van der Waals surface area contributed by atoms with Crippen molar-refractivity contribution in [2.45, 2.75) is 0 Å². The molecule has 1 N–H and O–H groups in total. The molecule has 2 amide bonds. The summed E-state index contributed by atoms with van der Waals surface area (Å²) < 4.78 is 1.72. The molecule has 0 aliphatic carbocycles. The van der Waals surface area contributed by atoms with Crippen molar-refractivity contribution < 1.29 is 9.59 Å². The predicted molar refractivity (Wildman–Crippen MR) is 116 cm³/mol. The Kier molecular flexibility index (Phi) is 5.99. The van der Waals surface area contributed by atoms with Crippen LogP contribution in [0.3, 0.4) is 0 Å². The summed E-state index contributed by atoms with van der Waals surface area (Å²) in [5.74, 6) is -0.352. The fraction of sp³-hybridized carbons (Fsp3) is 0.227. The van der Waals surface area contributed by atoms with Crippen LogP contribution < -0.4 is 10.2 Å². The van der Waals surface area contributed by atoms with E-state index in [2.05, 4.69) is 15.3 Å². The van der Waals surface area contributed by atoms with E-state index in [1.54, 1.807) is 27.9 Å². The average Bonchev–Trinajstić information content (AvgIpc) is 3.32. The number of hydrogen-bond acceptors (Lipinski definition) is 4. The number of halogens is 1. The Morgan fingerprint density at radius 1 is 0.967 bits per heavy atom. The summed E-state index contributed by atoms with van der Waals surface area (Å²) in [7, 11) is 0. The van der Waals surface area contributed by atoms with Gasteiger partial charge in [-0.05, 0) is 48.5 Å². The van der Waals surface area contributed by atoms with Gasteiger partial charge in [0.2, 0.25) is 5.91 Å². The van der Waals surface area contributed by atoms with Crippen LogP contribution in [0.25, 0.3) is 5.69 Å². The number of benzene rings is 2. The van der Waals surface area contributed by atoms with Crippen LogP contribution in [0.1, 0.15) is 10.4 Å². The zero-order valence-corrected chi connectivity index (χ0v) is 17.1. The molecular weight excluding hydrogens is 402 g/mol. The van der Waals surface area contributed by atoms with E-state index in [0.717, 1.165) is 24.5 Å². The third-order valence-corrected chi connectivity index (χ3v) is 5.34. The van der Waals surface area contributed by atoms with Crippen molar-refractivity contribution in [2.24, 2.45) is 0 Å². The standard InChI is InChI=1S/C22H22ClN5O2/c23-18-3-1-4-20(15-18)26-11-13-27(14-12-26)21(29)16-24-22(30)17-5-7-19(8-6-17)28-10-2-9-25-28/h1-10,15H,11-14,16H2,(H,24,30). The molecule has 7 nitrogen and oxygen atoms in total. The third-order valence-electron chi connectivity index (χ3n) is 5.10. The van der Waals surface area contributed by atoms with E-state index in [0.29, 0.717) is 23.7 Å². The van der Waals surface area contributed by atoms with Crippen molar-refractivity contribution >= 4 is 29.1 Å². The van der Waals surface area contributed by atoms with Crippen LogP contribution in [-0.4, -0.2) is 59.2 Å². The lowest BCUT2D eigenvalue weighted by Crippen LogP contribution is -2.51. The molecule has 1 fully saturated rings. The van der Waals surface area contributed by atoms with Gasteiger partial charge in [0.25, 0.3) is 5.91 Å². The summed E-state index contributed by atoms with van der Waals surface area (Å²) in [6.45, 7) is 2.67.